The first kappa shape index (κ1) is 15.4. The molecule has 0 saturated carbocycles. The normalized spacial score (nSPS) is 14.5. The molecule has 1 N–H and O–H groups in total. The maximum Gasteiger partial charge on any atom is 0.397 e. The number of alkyl halides is 6. The molecule has 0 fully saturated rings. The molecule has 0 aromatic heterocycles. The molecule has 0 atom stereocenters. The van der Waals surface area contributed by atoms with Crippen LogP contribution >= 0.6 is 0 Å². The van der Waals surface area contributed by atoms with E-state index in [1.807, 2.05) is 0 Å². The van der Waals surface area contributed by atoms with Gasteiger partial charge in [0.2, 0.25) is 0 Å². The van der Waals surface area contributed by atoms with Crippen molar-refractivity contribution in [3.8, 4) is 0 Å². The van der Waals surface area contributed by atoms with Crippen molar-refractivity contribution < 1.29 is 43.5 Å². The van der Waals surface area contributed by atoms with Crippen LogP contribution in [0.3, 0.4) is 0 Å². The van der Waals surface area contributed by atoms with E-state index in [1.54, 1.807) is 0 Å². The molecule has 0 aliphatic carbocycles. The van der Waals surface area contributed by atoms with E-state index in [-0.39, 0.29) is 0 Å². The van der Waals surface area contributed by atoms with Crippen LogP contribution in [-0.2, 0) is 14.6 Å². The van der Waals surface area contributed by atoms with Gasteiger partial charge in [-0.2, -0.15) is 34.8 Å². The first-order chi connectivity index (χ1) is 6.79. The Morgan fingerprint density at radius 3 is 1.50 bits per heavy atom. The number of hydrogen-bond acceptors (Lipinski definition) is 3. The van der Waals surface area contributed by atoms with E-state index >= 15 is 0 Å². The van der Waals surface area contributed by atoms with E-state index < -0.39 is 41.7 Å². The summed E-state index contributed by atoms with van der Waals surface area (Å²) in [6.07, 6.45) is -17.1. The first-order valence-electron chi connectivity index (χ1n) is 3.58. The zero-order valence-corrected chi connectivity index (χ0v) is 8.16. The molecule has 0 spiro atoms. The Morgan fingerprint density at radius 2 is 1.31 bits per heavy atom. The first-order valence-corrected chi connectivity index (χ1v) is 4.94. The molecule has 0 aromatic carbocycles. The molecule has 0 saturated heterocycles. The van der Waals surface area contributed by atoms with Crippen molar-refractivity contribution in [2.75, 3.05) is 0 Å². The van der Waals surface area contributed by atoms with Gasteiger partial charge < -0.3 is 0 Å². The van der Waals surface area contributed by atoms with Gasteiger partial charge in [-0.1, -0.05) is 0 Å². The van der Waals surface area contributed by atoms with Gasteiger partial charge in [-0.15, -0.1) is 0 Å². The molecule has 11 heteroatoms. The van der Waals surface area contributed by atoms with E-state index in [1.165, 1.54) is 0 Å². The number of halogens is 6. The molecule has 0 amide bonds. The van der Waals surface area contributed by atoms with Gasteiger partial charge in [-0.25, -0.2) is 4.18 Å². The smallest absolute Gasteiger partial charge is 0.264 e. The average molecular weight is 276 g/mol. The Morgan fingerprint density at radius 1 is 1.00 bits per heavy atom. The summed E-state index contributed by atoms with van der Waals surface area (Å²) in [5.41, 5.74) is 0. The van der Waals surface area contributed by atoms with Crippen LogP contribution < -0.4 is 0 Å². The van der Waals surface area contributed by atoms with Crippen molar-refractivity contribution in [1.29, 1.82) is 0 Å². The van der Waals surface area contributed by atoms with Crippen LogP contribution in [0.4, 0.5) is 26.3 Å². The van der Waals surface area contributed by atoms with Crippen LogP contribution in [0.15, 0.2) is 0 Å². The molecule has 0 rings (SSSR count). The van der Waals surface area contributed by atoms with Crippen molar-refractivity contribution in [2.45, 2.75) is 31.3 Å². The Balaban J connectivity index is 4.65. The second-order valence-electron chi connectivity index (χ2n) is 2.78. The van der Waals surface area contributed by atoms with Crippen molar-refractivity contribution in [3.05, 3.63) is 0 Å². The van der Waals surface area contributed by atoms with Gasteiger partial charge in [0.05, 0.1) is 18.9 Å². The van der Waals surface area contributed by atoms with E-state index in [0.717, 1.165) is 0 Å². The molecule has 0 aromatic rings. The molecule has 0 aliphatic rings. The van der Waals surface area contributed by atoms with Crippen molar-refractivity contribution in [3.63, 3.8) is 0 Å². The lowest BCUT2D eigenvalue weighted by Crippen LogP contribution is -2.29. The number of hydrogen-bond donors (Lipinski definition) is 1. The molecule has 4 nitrogen and oxygen atoms in total. The SMILES string of the molecule is O=S(=O)(O)OC(CC(F)(F)F)CC(F)(F)F. The van der Waals surface area contributed by atoms with Gasteiger partial charge in [-0.05, 0) is 0 Å². The van der Waals surface area contributed by atoms with E-state index in [9.17, 15) is 34.8 Å². The fourth-order valence-corrected chi connectivity index (χ4v) is 1.31. The third kappa shape index (κ3) is 9.98. The molecular weight excluding hydrogens is 270 g/mol. The van der Waals surface area contributed by atoms with Gasteiger partial charge in [-0.3, -0.25) is 4.55 Å². The standard InChI is InChI=1S/C5H6F6O4S/c6-4(7,8)1-3(2-5(9,10)11)15-16(12,13)14/h3H,1-2H2,(H,12,13,14). The molecule has 16 heavy (non-hydrogen) atoms. The summed E-state index contributed by atoms with van der Waals surface area (Å²) in [5, 5.41) is 0. The summed E-state index contributed by atoms with van der Waals surface area (Å²) in [4.78, 5) is 0. The van der Waals surface area contributed by atoms with Crippen LogP contribution in [0.25, 0.3) is 0 Å². The predicted molar refractivity (Wildman–Crippen MR) is 37.8 cm³/mol. The zero-order valence-electron chi connectivity index (χ0n) is 7.34. The fraction of sp³-hybridized carbons (Fsp3) is 1.00. The Labute approximate surface area is 86.1 Å². The molecule has 0 aliphatic heterocycles. The molecule has 0 radical (unpaired) electrons. The molecule has 0 bridgehead atoms. The third-order valence-electron chi connectivity index (χ3n) is 1.18. The second-order valence-corrected chi connectivity index (χ2v) is 3.83. The lowest BCUT2D eigenvalue weighted by atomic mass is 10.2. The highest BCUT2D eigenvalue weighted by molar-refractivity contribution is 7.80. The van der Waals surface area contributed by atoms with Gasteiger partial charge in [0.15, 0.2) is 0 Å². The van der Waals surface area contributed by atoms with Gasteiger partial charge in [0.25, 0.3) is 0 Å². The summed E-state index contributed by atoms with van der Waals surface area (Å²) in [6.45, 7) is 0. The molecule has 0 unspecified atom stereocenters. The summed E-state index contributed by atoms with van der Waals surface area (Å²) < 4.78 is 102. The molecular formula is C5H6F6O4S. The zero-order chi connectivity index (χ0) is 13.2. The fourth-order valence-electron chi connectivity index (χ4n) is 0.828. The number of rotatable bonds is 4. The minimum atomic E-state index is -5.37. The molecule has 0 heterocycles. The summed E-state index contributed by atoms with van der Waals surface area (Å²) in [5.74, 6) is 0. The third-order valence-corrected chi connectivity index (χ3v) is 1.69. The highest BCUT2D eigenvalue weighted by Gasteiger charge is 2.41. The summed E-state index contributed by atoms with van der Waals surface area (Å²) >= 11 is 0. The topological polar surface area (TPSA) is 63.6 Å². The van der Waals surface area contributed by atoms with Crippen LogP contribution in [0.5, 0.6) is 0 Å². The van der Waals surface area contributed by atoms with E-state index in [0.29, 0.717) is 0 Å². The highest BCUT2D eigenvalue weighted by atomic mass is 32.3. The minimum absolute atomic E-state index is 2.13. The Hall–Kier alpha value is -0.550. The van der Waals surface area contributed by atoms with E-state index in [2.05, 4.69) is 4.18 Å². The second kappa shape index (κ2) is 4.75. The van der Waals surface area contributed by atoms with Crippen molar-refractivity contribution >= 4 is 10.4 Å². The van der Waals surface area contributed by atoms with Crippen molar-refractivity contribution in [1.82, 2.24) is 0 Å². The van der Waals surface area contributed by atoms with Crippen molar-refractivity contribution in [2.24, 2.45) is 0 Å². The summed E-state index contributed by atoms with van der Waals surface area (Å²) in [7, 11) is -5.37. The van der Waals surface area contributed by atoms with Crippen LogP contribution in [-0.4, -0.2) is 31.4 Å². The lowest BCUT2D eigenvalue weighted by molar-refractivity contribution is -0.181. The predicted octanol–water partition coefficient (Wildman–Crippen LogP) is 2.08. The van der Waals surface area contributed by atoms with Gasteiger partial charge in [0.1, 0.15) is 0 Å². The summed E-state index contributed by atoms with van der Waals surface area (Å²) in [6, 6.07) is 0. The van der Waals surface area contributed by atoms with Gasteiger partial charge in [0, 0.05) is 0 Å². The largest absolute Gasteiger partial charge is 0.397 e. The monoisotopic (exact) mass is 276 g/mol. The van der Waals surface area contributed by atoms with Crippen LogP contribution in [0.1, 0.15) is 12.8 Å². The van der Waals surface area contributed by atoms with E-state index in [4.69, 9.17) is 4.55 Å². The lowest BCUT2D eigenvalue weighted by Gasteiger charge is -2.18. The average Bonchev–Trinajstić information content (AvgIpc) is 1.70. The maximum absolute atomic E-state index is 11.7. The minimum Gasteiger partial charge on any atom is -0.264 e. The quantitative estimate of drug-likeness (QED) is 0.630. The molecule has 98 valence electrons. The maximum atomic E-state index is 11.7. The van der Waals surface area contributed by atoms with Crippen LogP contribution in [0.2, 0.25) is 0 Å². The highest BCUT2D eigenvalue weighted by Crippen LogP contribution is 2.31. The Kier molecular flexibility index (Phi) is 4.59. The van der Waals surface area contributed by atoms with Gasteiger partial charge >= 0.3 is 22.8 Å². The Bertz CT molecular complexity index is 301. The van der Waals surface area contributed by atoms with Crippen LogP contribution in [0, 0.1) is 0 Å².